The lowest BCUT2D eigenvalue weighted by atomic mass is 9.95. The highest BCUT2D eigenvalue weighted by Crippen LogP contribution is 2.29. The molecule has 7 heteroatoms. The Kier molecular flexibility index (Phi) is 3.95. The predicted molar refractivity (Wildman–Crippen MR) is 89.8 cm³/mol. The van der Waals surface area contributed by atoms with Crippen LogP contribution in [0, 0.1) is 0 Å². The molecule has 0 unspecified atom stereocenters. The average Bonchev–Trinajstić information content (AvgIpc) is 2.64. The third-order valence-electron chi connectivity index (χ3n) is 4.48. The van der Waals surface area contributed by atoms with Crippen molar-refractivity contribution in [2.24, 2.45) is 0 Å². The summed E-state index contributed by atoms with van der Waals surface area (Å²) in [5.41, 5.74) is 3.29. The zero-order chi connectivity index (χ0) is 17.4. The van der Waals surface area contributed by atoms with Crippen molar-refractivity contribution in [3.63, 3.8) is 0 Å². The molecule has 2 heterocycles. The van der Waals surface area contributed by atoms with E-state index in [1.807, 2.05) is 17.0 Å². The molecule has 1 fully saturated rings. The Morgan fingerprint density at radius 1 is 1.00 bits per heavy atom. The van der Waals surface area contributed by atoms with Gasteiger partial charge in [0.15, 0.2) is 0 Å². The Morgan fingerprint density at radius 3 is 2.20 bits per heavy atom. The minimum atomic E-state index is -0.510. The number of rotatable bonds is 3. The molecule has 25 heavy (non-hydrogen) atoms. The summed E-state index contributed by atoms with van der Waals surface area (Å²) in [5.74, 6) is -1.41. The van der Waals surface area contributed by atoms with E-state index < -0.39 is 17.7 Å². The zero-order valence-electron chi connectivity index (χ0n) is 13.5. The Morgan fingerprint density at radius 2 is 1.60 bits per heavy atom. The fourth-order valence-electron chi connectivity index (χ4n) is 3.25. The summed E-state index contributed by atoms with van der Waals surface area (Å²) in [6.45, 7) is 2.57. The van der Waals surface area contributed by atoms with Gasteiger partial charge in [0, 0.05) is 18.5 Å². The summed E-state index contributed by atoms with van der Waals surface area (Å²) >= 11 is 0. The number of benzene rings is 2. The van der Waals surface area contributed by atoms with Gasteiger partial charge in [-0.1, -0.05) is 24.3 Å². The Balaban J connectivity index is 1.58. The lowest BCUT2D eigenvalue weighted by molar-refractivity contribution is -0.126. The van der Waals surface area contributed by atoms with Gasteiger partial charge in [0.25, 0.3) is 17.7 Å². The van der Waals surface area contributed by atoms with Crippen molar-refractivity contribution < 1.29 is 19.1 Å². The van der Waals surface area contributed by atoms with Gasteiger partial charge in [-0.15, -0.1) is 0 Å². The van der Waals surface area contributed by atoms with Crippen molar-refractivity contribution in [2.75, 3.05) is 32.8 Å². The third-order valence-corrected chi connectivity index (χ3v) is 4.48. The maximum absolute atomic E-state index is 12.7. The maximum Gasteiger partial charge on any atom is 0.280 e. The lowest BCUT2D eigenvalue weighted by Gasteiger charge is -2.29. The van der Waals surface area contributed by atoms with Gasteiger partial charge < -0.3 is 4.74 Å². The predicted octanol–water partition coefficient (Wildman–Crippen LogP) is 0.799. The van der Waals surface area contributed by atoms with Crippen molar-refractivity contribution in [3.8, 4) is 0 Å². The largest absolute Gasteiger partial charge is 0.379 e. The van der Waals surface area contributed by atoms with Gasteiger partial charge in [-0.3, -0.25) is 24.7 Å². The van der Waals surface area contributed by atoms with Crippen LogP contribution in [-0.2, 0) is 9.53 Å². The van der Waals surface area contributed by atoms with Gasteiger partial charge in [0.1, 0.15) is 0 Å². The highest BCUT2D eigenvalue weighted by molar-refractivity contribution is 6.25. The number of imide groups is 1. The van der Waals surface area contributed by atoms with E-state index in [1.165, 1.54) is 0 Å². The quantitative estimate of drug-likeness (QED) is 0.837. The van der Waals surface area contributed by atoms with Crippen LogP contribution in [0.15, 0.2) is 36.4 Å². The number of nitrogens with zero attached hydrogens (tertiary/aromatic N) is 2. The molecule has 0 saturated carbocycles. The first kappa shape index (κ1) is 15.7. The Hall–Kier alpha value is -2.77. The minimum Gasteiger partial charge on any atom is -0.379 e. The van der Waals surface area contributed by atoms with E-state index in [1.54, 1.807) is 24.3 Å². The van der Waals surface area contributed by atoms with Gasteiger partial charge in [0.05, 0.1) is 30.9 Å². The third kappa shape index (κ3) is 2.77. The van der Waals surface area contributed by atoms with E-state index in [2.05, 4.69) is 5.43 Å². The first-order valence-corrected chi connectivity index (χ1v) is 8.15. The molecular formula is C18H17N3O4. The molecule has 0 atom stereocenters. The number of carbonyl (C=O) groups is 3. The van der Waals surface area contributed by atoms with Crippen molar-refractivity contribution in [1.29, 1.82) is 0 Å². The SMILES string of the molecule is O=C(CN1CCOCC1)NN1C(=O)c2cccc3cccc(c23)C1=O. The molecule has 1 N–H and O–H groups in total. The van der Waals surface area contributed by atoms with Crippen molar-refractivity contribution in [1.82, 2.24) is 15.3 Å². The zero-order valence-corrected chi connectivity index (χ0v) is 13.5. The van der Waals surface area contributed by atoms with Crippen LogP contribution in [0.1, 0.15) is 20.7 Å². The summed E-state index contributed by atoms with van der Waals surface area (Å²) in [5, 5.41) is 2.29. The second-order valence-electron chi connectivity index (χ2n) is 6.08. The van der Waals surface area contributed by atoms with Crippen LogP contribution < -0.4 is 5.43 Å². The summed E-state index contributed by atoms with van der Waals surface area (Å²) in [7, 11) is 0. The second-order valence-corrected chi connectivity index (χ2v) is 6.08. The molecule has 0 spiro atoms. The van der Waals surface area contributed by atoms with Gasteiger partial charge >= 0.3 is 0 Å². The number of carbonyl (C=O) groups excluding carboxylic acids is 3. The normalized spacial score (nSPS) is 17.8. The highest BCUT2D eigenvalue weighted by atomic mass is 16.5. The summed E-state index contributed by atoms with van der Waals surface area (Å²) < 4.78 is 5.24. The van der Waals surface area contributed by atoms with Crippen LogP contribution in [0.4, 0.5) is 0 Å². The molecule has 4 rings (SSSR count). The molecule has 2 aromatic rings. The van der Waals surface area contributed by atoms with Crippen LogP contribution in [-0.4, -0.2) is 60.5 Å². The van der Waals surface area contributed by atoms with Crippen LogP contribution in [0.2, 0.25) is 0 Å². The molecular weight excluding hydrogens is 322 g/mol. The number of nitrogens with one attached hydrogen (secondary N) is 1. The molecule has 128 valence electrons. The van der Waals surface area contributed by atoms with Crippen LogP contribution >= 0.6 is 0 Å². The molecule has 2 aliphatic heterocycles. The molecule has 7 nitrogen and oxygen atoms in total. The topological polar surface area (TPSA) is 79.0 Å². The average molecular weight is 339 g/mol. The van der Waals surface area contributed by atoms with Crippen LogP contribution in [0.3, 0.4) is 0 Å². The molecule has 2 aliphatic rings. The van der Waals surface area contributed by atoms with Crippen molar-refractivity contribution >= 4 is 28.5 Å². The molecule has 0 radical (unpaired) electrons. The van der Waals surface area contributed by atoms with E-state index in [-0.39, 0.29) is 6.54 Å². The molecule has 2 aromatic carbocycles. The smallest absolute Gasteiger partial charge is 0.280 e. The molecule has 0 aliphatic carbocycles. The maximum atomic E-state index is 12.7. The number of hydrazine groups is 1. The molecule has 0 aromatic heterocycles. The number of amides is 3. The highest BCUT2D eigenvalue weighted by Gasteiger charge is 2.34. The Bertz CT molecular complexity index is 823. The summed E-state index contributed by atoms with van der Waals surface area (Å²) in [4.78, 5) is 39.6. The molecule has 1 saturated heterocycles. The number of hydrogen-bond donors (Lipinski definition) is 1. The van der Waals surface area contributed by atoms with E-state index in [0.717, 1.165) is 10.4 Å². The molecule has 0 bridgehead atoms. The van der Waals surface area contributed by atoms with Crippen molar-refractivity contribution in [3.05, 3.63) is 47.5 Å². The fourth-order valence-corrected chi connectivity index (χ4v) is 3.25. The number of morpholine rings is 1. The van der Waals surface area contributed by atoms with E-state index in [0.29, 0.717) is 42.8 Å². The number of hydrogen-bond acceptors (Lipinski definition) is 5. The minimum absolute atomic E-state index is 0.117. The van der Waals surface area contributed by atoms with Gasteiger partial charge in [-0.25, -0.2) is 0 Å². The van der Waals surface area contributed by atoms with Crippen molar-refractivity contribution in [2.45, 2.75) is 0 Å². The van der Waals surface area contributed by atoms with Gasteiger partial charge in [-0.2, -0.15) is 5.01 Å². The van der Waals surface area contributed by atoms with E-state index in [9.17, 15) is 14.4 Å². The van der Waals surface area contributed by atoms with E-state index in [4.69, 9.17) is 4.74 Å². The van der Waals surface area contributed by atoms with Crippen LogP contribution in [0.5, 0.6) is 0 Å². The van der Waals surface area contributed by atoms with E-state index >= 15 is 0 Å². The first-order chi connectivity index (χ1) is 12.1. The first-order valence-electron chi connectivity index (χ1n) is 8.15. The number of ether oxygens (including phenoxy) is 1. The van der Waals surface area contributed by atoms with Crippen LogP contribution in [0.25, 0.3) is 10.8 Å². The lowest BCUT2D eigenvalue weighted by Crippen LogP contribution is -2.54. The summed E-state index contributed by atoms with van der Waals surface area (Å²) in [6.07, 6.45) is 0. The van der Waals surface area contributed by atoms with Gasteiger partial charge in [0.2, 0.25) is 0 Å². The van der Waals surface area contributed by atoms with Gasteiger partial charge in [-0.05, 0) is 17.5 Å². The monoisotopic (exact) mass is 339 g/mol. The fraction of sp³-hybridized carbons (Fsp3) is 0.278. The Labute approximate surface area is 144 Å². The second kappa shape index (κ2) is 6.27. The summed E-state index contributed by atoms with van der Waals surface area (Å²) in [6, 6.07) is 10.6. The standard InChI is InChI=1S/C18H17N3O4/c22-15(11-20-7-9-25-10-8-20)19-21-17(23)13-5-1-3-12-4-2-6-14(16(12)13)18(21)24/h1-6H,7-11H2,(H,19,22). The molecule has 3 amide bonds.